The van der Waals surface area contributed by atoms with Gasteiger partial charge in [0.15, 0.2) is 0 Å². The molecule has 0 heterocycles. The van der Waals surface area contributed by atoms with Gasteiger partial charge in [0.1, 0.15) is 5.82 Å². The van der Waals surface area contributed by atoms with Crippen molar-refractivity contribution in [3.63, 3.8) is 0 Å². The molecule has 0 aliphatic carbocycles. The Morgan fingerprint density at radius 1 is 1.11 bits per heavy atom. The molecule has 0 radical (unpaired) electrons. The third-order valence-corrected chi connectivity index (χ3v) is 3.79. The topological polar surface area (TPSA) is 12.0 Å². The molecule has 0 fully saturated rings. The summed E-state index contributed by atoms with van der Waals surface area (Å²) >= 11 is 3.21. The summed E-state index contributed by atoms with van der Waals surface area (Å²) in [5.74, 6) is -0.227. The first kappa shape index (κ1) is 14.1. The molecule has 0 aliphatic rings. The van der Waals surface area contributed by atoms with E-state index in [0.29, 0.717) is 4.47 Å². The molecule has 0 saturated carbocycles. The summed E-state index contributed by atoms with van der Waals surface area (Å²) < 4.78 is 13.8. The summed E-state index contributed by atoms with van der Waals surface area (Å²) in [7, 11) is 0. The van der Waals surface area contributed by atoms with Crippen LogP contribution in [0.1, 0.15) is 23.6 Å². The van der Waals surface area contributed by atoms with Crippen LogP contribution < -0.4 is 5.32 Å². The van der Waals surface area contributed by atoms with Crippen molar-refractivity contribution in [2.75, 3.05) is 5.32 Å². The molecule has 19 heavy (non-hydrogen) atoms. The first-order chi connectivity index (χ1) is 9.10. The summed E-state index contributed by atoms with van der Waals surface area (Å²) in [6.45, 7) is 4.79. The second-order valence-electron chi connectivity index (χ2n) is 4.60. The van der Waals surface area contributed by atoms with Gasteiger partial charge < -0.3 is 5.32 Å². The fraction of sp³-hybridized carbons (Fsp3) is 0.250. The Morgan fingerprint density at radius 3 is 2.37 bits per heavy atom. The van der Waals surface area contributed by atoms with Crippen molar-refractivity contribution in [1.29, 1.82) is 0 Å². The van der Waals surface area contributed by atoms with Gasteiger partial charge in [-0.15, -0.1) is 0 Å². The number of hydrogen-bond donors (Lipinski definition) is 1. The summed E-state index contributed by atoms with van der Waals surface area (Å²) in [5, 5.41) is 3.34. The van der Waals surface area contributed by atoms with Crippen molar-refractivity contribution in [1.82, 2.24) is 0 Å². The Balaban J connectivity index is 2.07. The monoisotopic (exact) mass is 321 g/mol. The van der Waals surface area contributed by atoms with E-state index in [4.69, 9.17) is 0 Å². The van der Waals surface area contributed by atoms with Crippen molar-refractivity contribution >= 4 is 21.6 Å². The molecule has 3 heteroatoms. The Hall–Kier alpha value is -1.35. The number of benzene rings is 2. The normalized spacial score (nSPS) is 10.5. The highest BCUT2D eigenvalue weighted by Gasteiger charge is 2.05. The smallest absolute Gasteiger partial charge is 0.137 e. The Morgan fingerprint density at radius 2 is 1.74 bits per heavy atom. The van der Waals surface area contributed by atoms with Crippen molar-refractivity contribution in [2.45, 2.75) is 26.8 Å². The molecule has 0 aliphatic heterocycles. The quantitative estimate of drug-likeness (QED) is 0.828. The van der Waals surface area contributed by atoms with Crippen LogP contribution >= 0.6 is 15.9 Å². The summed E-state index contributed by atoms with van der Waals surface area (Å²) in [4.78, 5) is 0. The van der Waals surface area contributed by atoms with Crippen LogP contribution in [0.3, 0.4) is 0 Å². The average Bonchev–Trinajstić information content (AvgIpc) is 2.42. The molecule has 0 unspecified atom stereocenters. The third-order valence-electron chi connectivity index (χ3n) is 3.18. The molecule has 1 nitrogen and oxygen atoms in total. The Kier molecular flexibility index (Phi) is 4.59. The van der Waals surface area contributed by atoms with Gasteiger partial charge in [0.2, 0.25) is 0 Å². The predicted molar refractivity (Wildman–Crippen MR) is 82.0 cm³/mol. The zero-order valence-electron chi connectivity index (χ0n) is 11.1. The van der Waals surface area contributed by atoms with Gasteiger partial charge in [-0.25, -0.2) is 4.39 Å². The second kappa shape index (κ2) is 6.20. The number of hydrogen-bond acceptors (Lipinski definition) is 1. The molecule has 2 aromatic rings. The molecular weight excluding hydrogens is 305 g/mol. The maximum atomic E-state index is 13.3. The Bertz CT molecular complexity index is 564. The van der Waals surface area contributed by atoms with Crippen LogP contribution in [0.4, 0.5) is 10.1 Å². The molecule has 2 rings (SSSR count). The van der Waals surface area contributed by atoms with Crippen LogP contribution in [-0.4, -0.2) is 0 Å². The molecule has 0 amide bonds. The minimum Gasteiger partial charge on any atom is -0.381 e. The summed E-state index contributed by atoms with van der Waals surface area (Å²) in [6, 6.07) is 11.9. The van der Waals surface area contributed by atoms with E-state index >= 15 is 0 Å². The Labute approximate surface area is 122 Å². The van der Waals surface area contributed by atoms with Crippen molar-refractivity contribution in [2.24, 2.45) is 0 Å². The van der Waals surface area contributed by atoms with Crippen LogP contribution in [0.15, 0.2) is 40.9 Å². The molecule has 0 atom stereocenters. The third kappa shape index (κ3) is 3.57. The van der Waals surface area contributed by atoms with Crippen molar-refractivity contribution < 1.29 is 4.39 Å². The molecule has 0 spiro atoms. The first-order valence-electron chi connectivity index (χ1n) is 6.37. The highest BCUT2D eigenvalue weighted by atomic mass is 79.9. The average molecular weight is 322 g/mol. The van der Waals surface area contributed by atoms with Crippen LogP contribution in [-0.2, 0) is 13.0 Å². The fourth-order valence-corrected chi connectivity index (χ4v) is 2.27. The predicted octanol–water partition coefficient (Wildman–Crippen LogP) is 5.07. The summed E-state index contributed by atoms with van der Waals surface area (Å²) in [5.41, 5.74) is 4.42. The van der Waals surface area contributed by atoms with Gasteiger partial charge in [-0.3, -0.25) is 0 Å². The number of rotatable bonds is 4. The highest BCUT2D eigenvalue weighted by Crippen LogP contribution is 2.24. The number of aryl methyl sites for hydroxylation is 2. The molecule has 0 saturated heterocycles. The number of nitrogens with one attached hydrogen (secondary N) is 1. The van der Waals surface area contributed by atoms with Gasteiger partial charge in [0.05, 0.1) is 4.47 Å². The van der Waals surface area contributed by atoms with Crippen molar-refractivity contribution in [3.8, 4) is 0 Å². The molecule has 100 valence electrons. The molecule has 2 aromatic carbocycles. The van der Waals surface area contributed by atoms with E-state index in [1.165, 1.54) is 17.2 Å². The van der Waals surface area contributed by atoms with Crippen molar-refractivity contribution in [3.05, 3.63) is 63.4 Å². The first-order valence-corrected chi connectivity index (χ1v) is 7.16. The van der Waals surface area contributed by atoms with E-state index in [0.717, 1.165) is 24.2 Å². The SMILES string of the molecule is CCc1ccc(CNc2cc(Br)c(F)cc2C)cc1. The van der Waals surface area contributed by atoms with E-state index in [-0.39, 0.29) is 5.82 Å². The van der Waals surface area contributed by atoms with E-state index in [1.54, 1.807) is 6.07 Å². The van der Waals surface area contributed by atoms with Crippen LogP contribution in [0.2, 0.25) is 0 Å². The maximum absolute atomic E-state index is 13.3. The minimum atomic E-state index is -0.227. The van der Waals surface area contributed by atoms with Crippen LogP contribution in [0.5, 0.6) is 0 Å². The zero-order chi connectivity index (χ0) is 13.8. The van der Waals surface area contributed by atoms with Gasteiger partial charge in [-0.1, -0.05) is 31.2 Å². The van der Waals surface area contributed by atoms with E-state index < -0.39 is 0 Å². The molecule has 1 N–H and O–H groups in total. The van der Waals surface area contributed by atoms with Gasteiger partial charge in [0, 0.05) is 12.2 Å². The van der Waals surface area contributed by atoms with E-state index in [9.17, 15) is 4.39 Å². The number of anilines is 1. The highest BCUT2D eigenvalue weighted by molar-refractivity contribution is 9.10. The van der Waals surface area contributed by atoms with Crippen LogP contribution in [0.25, 0.3) is 0 Å². The lowest BCUT2D eigenvalue weighted by molar-refractivity contribution is 0.620. The van der Waals surface area contributed by atoms with Gasteiger partial charge in [-0.05, 0) is 58.1 Å². The van der Waals surface area contributed by atoms with Gasteiger partial charge in [-0.2, -0.15) is 0 Å². The second-order valence-corrected chi connectivity index (χ2v) is 5.46. The lowest BCUT2D eigenvalue weighted by Crippen LogP contribution is -2.01. The minimum absolute atomic E-state index is 0.227. The zero-order valence-corrected chi connectivity index (χ0v) is 12.7. The van der Waals surface area contributed by atoms with E-state index in [2.05, 4.69) is 52.4 Å². The molecule has 0 aromatic heterocycles. The lowest BCUT2D eigenvalue weighted by atomic mass is 10.1. The van der Waals surface area contributed by atoms with E-state index in [1.807, 2.05) is 6.92 Å². The molecular formula is C16H17BrFN. The molecule has 0 bridgehead atoms. The lowest BCUT2D eigenvalue weighted by Gasteiger charge is -2.11. The summed E-state index contributed by atoms with van der Waals surface area (Å²) in [6.07, 6.45) is 1.05. The van der Waals surface area contributed by atoms with Gasteiger partial charge >= 0.3 is 0 Å². The maximum Gasteiger partial charge on any atom is 0.137 e. The standard InChI is InChI=1S/C16H17BrFN/c1-3-12-4-6-13(7-5-12)10-19-16-9-14(17)15(18)8-11(16)2/h4-9,19H,3,10H2,1-2H3. The largest absolute Gasteiger partial charge is 0.381 e. The fourth-order valence-electron chi connectivity index (χ4n) is 1.93. The van der Waals surface area contributed by atoms with Crippen LogP contribution in [0, 0.1) is 12.7 Å². The number of halogens is 2. The van der Waals surface area contributed by atoms with Gasteiger partial charge in [0.25, 0.3) is 0 Å².